The number of thioether (sulfide) groups is 1. The van der Waals surface area contributed by atoms with Crippen molar-refractivity contribution in [2.45, 2.75) is 93.4 Å². The molecule has 1 aliphatic carbocycles. The zero-order chi connectivity index (χ0) is 26.0. The Morgan fingerprint density at radius 3 is 2.70 bits per heavy atom. The number of likely N-dealkylation sites (tertiary alicyclic amines) is 1. The monoisotopic (exact) mass is 525 g/mol. The van der Waals surface area contributed by atoms with Gasteiger partial charge in [-0.3, -0.25) is 14.4 Å². The summed E-state index contributed by atoms with van der Waals surface area (Å²) < 4.78 is 6.45. The molecule has 3 aliphatic heterocycles. The molecule has 1 saturated carbocycles. The molecular weight excluding hydrogens is 486 g/mol. The molecule has 3 amide bonds. The number of hydrogen-bond donors (Lipinski definition) is 2. The SMILES string of the molecule is CCCCCCN1C(=O)[C@H]2[C@H](C(=O)Nc3cccc(SC)c3)[C@H]3C=C[C@@]2(O3)[C@@H]1C(=O)NC1CCCCC1. The van der Waals surface area contributed by atoms with Crippen molar-refractivity contribution in [3.63, 3.8) is 0 Å². The fourth-order valence-electron chi connectivity index (χ4n) is 6.67. The number of anilines is 1. The third kappa shape index (κ3) is 4.94. The Hall–Kier alpha value is -2.32. The fraction of sp³-hybridized carbons (Fsp3) is 0.621. The maximum atomic E-state index is 14.0. The average Bonchev–Trinajstić information content (AvgIpc) is 3.54. The molecular formula is C29H39N3O4S. The van der Waals surface area contributed by atoms with Gasteiger partial charge < -0.3 is 20.3 Å². The van der Waals surface area contributed by atoms with Crippen LogP contribution in [0.2, 0.25) is 0 Å². The Morgan fingerprint density at radius 2 is 1.95 bits per heavy atom. The van der Waals surface area contributed by atoms with Gasteiger partial charge in [0.2, 0.25) is 17.7 Å². The van der Waals surface area contributed by atoms with E-state index in [9.17, 15) is 14.4 Å². The Balaban J connectivity index is 1.40. The molecule has 5 rings (SSSR count). The lowest BCUT2D eigenvalue weighted by atomic mass is 9.74. The summed E-state index contributed by atoms with van der Waals surface area (Å²) in [5.74, 6) is -1.87. The number of benzene rings is 1. The highest BCUT2D eigenvalue weighted by molar-refractivity contribution is 7.98. The van der Waals surface area contributed by atoms with Crippen LogP contribution in [0, 0.1) is 11.8 Å². The zero-order valence-corrected chi connectivity index (χ0v) is 22.7. The summed E-state index contributed by atoms with van der Waals surface area (Å²) in [4.78, 5) is 44.1. The number of nitrogens with zero attached hydrogens (tertiary/aromatic N) is 1. The highest BCUT2D eigenvalue weighted by Gasteiger charge is 2.72. The van der Waals surface area contributed by atoms with Gasteiger partial charge in [0.1, 0.15) is 11.6 Å². The van der Waals surface area contributed by atoms with E-state index in [0.717, 1.165) is 56.3 Å². The first kappa shape index (κ1) is 26.3. The molecule has 200 valence electrons. The summed E-state index contributed by atoms with van der Waals surface area (Å²) in [5.41, 5.74) is -0.389. The van der Waals surface area contributed by atoms with Crippen LogP contribution in [-0.4, -0.2) is 59.2 Å². The van der Waals surface area contributed by atoms with Crippen LogP contribution in [0.15, 0.2) is 41.3 Å². The van der Waals surface area contributed by atoms with Gasteiger partial charge in [0.05, 0.1) is 17.9 Å². The zero-order valence-electron chi connectivity index (χ0n) is 21.9. The smallest absolute Gasteiger partial charge is 0.246 e. The number of unbranched alkanes of at least 4 members (excludes halogenated alkanes) is 3. The van der Waals surface area contributed by atoms with Crippen molar-refractivity contribution in [1.82, 2.24) is 10.2 Å². The molecule has 4 aliphatic rings. The van der Waals surface area contributed by atoms with Crippen LogP contribution in [0.3, 0.4) is 0 Å². The van der Waals surface area contributed by atoms with E-state index in [4.69, 9.17) is 4.74 Å². The molecule has 37 heavy (non-hydrogen) atoms. The minimum atomic E-state index is -1.09. The van der Waals surface area contributed by atoms with Crippen molar-refractivity contribution in [3.8, 4) is 0 Å². The van der Waals surface area contributed by atoms with Crippen LogP contribution < -0.4 is 10.6 Å². The normalized spacial score (nSPS) is 30.5. The number of carbonyl (C=O) groups is 3. The average molecular weight is 526 g/mol. The Kier molecular flexibility index (Phi) is 7.96. The second kappa shape index (κ2) is 11.2. The van der Waals surface area contributed by atoms with Crippen LogP contribution >= 0.6 is 11.8 Å². The first-order chi connectivity index (χ1) is 18.0. The van der Waals surface area contributed by atoms with Crippen molar-refractivity contribution < 1.29 is 19.1 Å². The van der Waals surface area contributed by atoms with Crippen LogP contribution in [0.1, 0.15) is 64.7 Å². The van der Waals surface area contributed by atoms with E-state index >= 15 is 0 Å². The largest absolute Gasteiger partial charge is 0.359 e. The number of ether oxygens (including phenoxy) is 1. The van der Waals surface area contributed by atoms with Gasteiger partial charge in [0, 0.05) is 23.2 Å². The third-order valence-electron chi connectivity index (χ3n) is 8.47. The minimum absolute atomic E-state index is 0.134. The van der Waals surface area contributed by atoms with E-state index in [2.05, 4.69) is 17.6 Å². The van der Waals surface area contributed by atoms with E-state index in [1.54, 1.807) is 16.7 Å². The van der Waals surface area contributed by atoms with Crippen molar-refractivity contribution in [3.05, 3.63) is 36.4 Å². The molecule has 2 N–H and O–H groups in total. The molecule has 1 aromatic rings. The van der Waals surface area contributed by atoms with E-state index in [-0.39, 0.29) is 23.8 Å². The number of amides is 3. The Morgan fingerprint density at radius 1 is 1.14 bits per heavy atom. The van der Waals surface area contributed by atoms with Crippen molar-refractivity contribution in [2.75, 3.05) is 18.1 Å². The van der Waals surface area contributed by atoms with Gasteiger partial charge in [-0.25, -0.2) is 0 Å². The van der Waals surface area contributed by atoms with Crippen LogP contribution in [0.4, 0.5) is 5.69 Å². The van der Waals surface area contributed by atoms with Gasteiger partial charge in [-0.05, 0) is 43.7 Å². The molecule has 2 saturated heterocycles. The number of fused-ring (bicyclic) bond motifs is 1. The number of rotatable bonds is 10. The van der Waals surface area contributed by atoms with Crippen LogP contribution in [0.5, 0.6) is 0 Å². The standard InChI is InChI=1S/C29H39N3O4S/c1-3-4-5-9-17-32-25(27(34)30-19-11-7-6-8-12-19)29-16-15-22(36-29)23(24(29)28(32)35)26(33)31-20-13-10-14-21(18-20)37-2/h10,13-16,18-19,22-25H,3-9,11-12,17H2,1-2H3,(H,30,34)(H,31,33)/t22-,23-,24-,25+,29+/m1/s1. The molecule has 3 fully saturated rings. The highest BCUT2D eigenvalue weighted by Crippen LogP contribution is 2.55. The van der Waals surface area contributed by atoms with Gasteiger partial charge in [-0.15, -0.1) is 11.8 Å². The minimum Gasteiger partial charge on any atom is -0.359 e. The van der Waals surface area contributed by atoms with Crippen LogP contribution in [0.25, 0.3) is 0 Å². The molecule has 7 nitrogen and oxygen atoms in total. The Bertz CT molecular complexity index is 1060. The number of carbonyl (C=O) groups excluding carboxylic acids is 3. The van der Waals surface area contributed by atoms with Crippen molar-refractivity contribution in [2.24, 2.45) is 11.8 Å². The molecule has 5 atom stereocenters. The first-order valence-electron chi connectivity index (χ1n) is 13.9. The molecule has 0 radical (unpaired) electrons. The van der Waals surface area contributed by atoms with E-state index < -0.39 is 29.6 Å². The van der Waals surface area contributed by atoms with E-state index in [1.807, 2.05) is 42.7 Å². The predicted octanol–water partition coefficient (Wildman–Crippen LogP) is 4.53. The summed E-state index contributed by atoms with van der Waals surface area (Å²) in [7, 11) is 0. The predicted molar refractivity (Wildman–Crippen MR) is 145 cm³/mol. The topological polar surface area (TPSA) is 87.7 Å². The molecule has 2 bridgehead atoms. The van der Waals surface area contributed by atoms with Crippen LogP contribution in [-0.2, 0) is 19.1 Å². The lowest BCUT2D eigenvalue weighted by molar-refractivity contribution is -0.141. The van der Waals surface area contributed by atoms with E-state index in [1.165, 1.54) is 6.42 Å². The highest BCUT2D eigenvalue weighted by atomic mass is 32.2. The maximum absolute atomic E-state index is 14.0. The first-order valence-corrected chi connectivity index (χ1v) is 15.1. The second-order valence-electron chi connectivity index (χ2n) is 10.9. The summed E-state index contributed by atoms with van der Waals surface area (Å²) in [6, 6.07) is 7.08. The molecule has 0 aromatic heterocycles. The van der Waals surface area contributed by atoms with Gasteiger partial charge in [0.25, 0.3) is 0 Å². The molecule has 3 heterocycles. The second-order valence-corrected chi connectivity index (χ2v) is 11.7. The maximum Gasteiger partial charge on any atom is 0.246 e. The van der Waals surface area contributed by atoms with Gasteiger partial charge in [-0.1, -0.05) is 63.7 Å². The summed E-state index contributed by atoms with van der Waals surface area (Å²) >= 11 is 1.61. The summed E-state index contributed by atoms with van der Waals surface area (Å²) in [6.07, 6.45) is 14.7. The van der Waals surface area contributed by atoms with Crippen molar-refractivity contribution >= 4 is 35.2 Å². The molecule has 1 spiro atoms. The Labute approximate surface area is 224 Å². The lowest BCUT2D eigenvalue weighted by Gasteiger charge is -2.34. The summed E-state index contributed by atoms with van der Waals surface area (Å²) in [5, 5.41) is 6.27. The molecule has 0 unspecified atom stereocenters. The number of nitrogens with one attached hydrogen (secondary N) is 2. The lowest BCUT2D eigenvalue weighted by Crippen LogP contribution is -2.56. The van der Waals surface area contributed by atoms with Gasteiger partial charge >= 0.3 is 0 Å². The number of hydrogen-bond acceptors (Lipinski definition) is 5. The summed E-state index contributed by atoms with van der Waals surface area (Å²) in [6.45, 7) is 2.66. The molecule has 8 heteroatoms. The van der Waals surface area contributed by atoms with E-state index in [0.29, 0.717) is 12.2 Å². The third-order valence-corrected chi connectivity index (χ3v) is 9.19. The fourth-order valence-corrected chi connectivity index (χ4v) is 7.13. The van der Waals surface area contributed by atoms with Gasteiger partial charge in [-0.2, -0.15) is 0 Å². The molecule has 1 aromatic carbocycles. The quantitative estimate of drug-likeness (QED) is 0.266. The van der Waals surface area contributed by atoms with Gasteiger partial charge in [0.15, 0.2) is 0 Å². The van der Waals surface area contributed by atoms with Crippen molar-refractivity contribution in [1.29, 1.82) is 0 Å².